The van der Waals surface area contributed by atoms with Crippen molar-refractivity contribution in [2.24, 2.45) is 5.92 Å². The summed E-state index contributed by atoms with van der Waals surface area (Å²) in [7, 11) is 0. The van der Waals surface area contributed by atoms with Crippen molar-refractivity contribution in [3.8, 4) is 11.3 Å². The van der Waals surface area contributed by atoms with Gasteiger partial charge in [0, 0.05) is 31.3 Å². The zero-order chi connectivity index (χ0) is 17.1. The molecule has 6 heteroatoms. The van der Waals surface area contributed by atoms with Crippen LogP contribution in [0.15, 0.2) is 36.7 Å². The first kappa shape index (κ1) is 16.1. The lowest BCUT2D eigenvalue weighted by molar-refractivity contribution is -0.127. The number of likely N-dealkylation sites (tertiary alicyclic amines) is 1. The van der Waals surface area contributed by atoms with Crippen molar-refractivity contribution in [1.29, 1.82) is 0 Å². The molecule has 1 atom stereocenters. The van der Waals surface area contributed by atoms with Crippen molar-refractivity contribution < 1.29 is 14.7 Å². The van der Waals surface area contributed by atoms with Crippen LogP contribution in [0.5, 0.6) is 0 Å². The molecule has 1 aromatic heterocycles. The minimum absolute atomic E-state index is 0.108. The normalized spacial score (nSPS) is 17.0. The molecule has 124 valence electrons. The third-order valence-corrected chi connectivity index (χ3v) is 4.39. The molecule has 1 unspecified atom stereocenters. The van der Waals surface area contributed by atoms with E-state index in [1.165, 1.54) is 6.33 Å². The van der Waals surface area contributed by atoms with Crippen LogP contribution in [0.1, 0.15) is 29.4 Å². The minimum atomic E-state index is -0.973. The molecule has 1 aliphatic rings. The molecule has 3 rings (SSSR count). The van der Waals surface area contributed by atoms with Crippen LogP contribution in [-0.2, 0) is 11.2 Å². The Morgan fingerprint density at radius 3 is 2.79 bits per heavy atom. The number of carboxylic acid groups (broad SMARTS) is 1. The summed E-state index contributed by atoms with van der Waals surface area (Å²) in [5.41, 5.74) is 2.30. The maximum atomic E-state index is 11.4. The summed E-state index contributed by atoms with van der Waals surface area (Å²) in [6, 6.07) is 8.66. The van der Waals surface area contributed by atoms with Gasteiger partial charge in [0.25, 0.3) is 0 Å². The zero-order valence-electron chi connectivity index (χ0n) is 13.5. The Kier molecular flexibility index (Phi) is 4.55. The van der Waals surface area contributed by atoms with Crippen LogP contribution < -0.4 is 0 Å². The topological polar surface area (TPSA) is 83.4 Å². The average molecular weight is 325 g/mol. The monoisotopic (exact) mass is 325 g/mol. The van der Waals surface area contributed by atoms with Gasteiger partial charge in [0.2, 0.25) is 5.91 Å². The van der Waals surface area contributed by atoms with Gasteiger partial charge in [-0.1, -0.05) is 18.2 Å². The maximum absolute atomic E-state index is 11.4. The second kappa shape index (κ2) is 6.78. The highest BCUT2D eigenvalue weighted by atomic mass is 16.4. The Morgan fingerprint density at radius 2 is 2.08 bits per heavy atom. The molecule has 0 radical (unpaired) electrons. The van der Waals surface area contributed by atoms with Crippen molar-refractivity contribution >= 4 is 11.9 Å². The molecule has 0 saturated carbocycles. The number of aromatic carboxylic acids is 1. The van der Waals surface area contributed by atoms with Gasteiger partial charge in [-0.25, -0.2) is 14.8 Å². The third kappa shape index (κ3) is 3.42. The Balaban J connectivity index is 1.81. The Morgan fingerprint density at radius 1 is 1.29 bits per heavy atom. The van der Waals surface area contributed by atoms with Crippen LogP contribution in [0, 0.1) is 5.92 Å². The molecule has 0 aliphatic carbocycles. The summed E-state index contributed by atoms with van der Waals surface area (Å²) >= 11 is 0. The summed E-state index contributed by atoms with van der Waals surface area (Å²) in [5.74, 6) is -0.485. The lowest BCUT2D eigenvalue weighted by Crippen LogP contribution is -2.26. The Bertz CT molecular complexity index is 776. The number of hydrogen-bond donors (Lipinski definition) is 1. The summed E-state index contributed by atoms with van der Waals surface area (Å²) in [4.78, 5) is 33.2. The zero-order valence-corrected chi connectivity index (χ0v) is 13.5. The molecule has 6 nitrogen and oxygen atoms in total. The highest BCUT2D eigenvalue weighted by molar-refractivity contribution is 5.95. The number of carbonyl (C=O) groups is 2. The number of carboxylic acids is 1. The van der Waals surface area contributed by atoms with Crippen LogP contribution in [0.3, 0.4) is 0 Å². The first-order valence-electron chi connectivity index (χ1n) is 7.93. The largest absolute Gasteiger partial charge is 0.478 e. The van der Waals surface area contributed by atoms with Gasteiger partial charge in [0.1, 0.15) is 6.33 Å². The van der Waals surface area contributed by atoms with Gasteiger partial charge in [-0.2, -0.15) is 0 Å². The van der Waals surface area contributed by atoms with Crippen molar-refractivity contribution in [3.63, 3.8) is 0 Å². The highest BCUT2D eigenvalue weighted by Crippen LogP contribution is 2.24. The fraction of sp³-hybridized carbons (Fsp3) is 0.333. The van der Waals surface area contributed by atoms with Crippen molar-refractivity contribution in [2.45, 2.75) is 19.8 Å². The molecule has 1 aromatic carbocycles. The van der Waals surface area contributed by atoms with Gasteiger partial charge in [-0.15, -0.1) is 0 Å². The number of nitrogens with zero attached hydrogens (tertiary/aromatic N) is 3. The van der Waals surface area contributed by atoms with Crippen LogP contribution in [0.25, 0.3) is 11.3 Å². The number of aromatic nitrogens is 2. The molecule has 0 spiro atoms. The maximum Gasteiger partial charge on any atom is 0.336 e. The van der Waals surface area contributed by atoms with E-state index in [0.717, 1.165) is 31.6 Å². The first-order chi connectivity index (χ1) is 11.5. The molecular weight excluding hydrogens is 306 g/mol. The number of hydrogen-bond acceptors (Lipinski definition) is 4. The van der Waals surface area contributed by atoms with Crippen LogP contribution in [0.4, 0.5) is 0 Å². The average Bonchev–Trinajstić information content (AvgIpc) is 3.04. The van der Waals surface area contributed by atoms with E-state index in [9.17, 15) is 14.7 Å². The number of rotatable bonds is 4. The molecule has 0 bridgehead atoms. The van der Waals surface area contributed by atoms with Gasteiger partial charge in [-0.05, 0) is 30.9 Å². The van der Waals surface area contributed by atoms with Crippen molar-refractivity contribution in [3.05, 3.63) is 47.9 Å². The molecule has 2 aromatic rings. The van der Waals surface area contributed by atoms with Gasteiger partial charge >= 0.3 is 5.97 Å². The summed E-state index contributed by atoms with van der Waals surface area (Å²) in [6.07, 6.45) is 3.19. The Labute approximate surface area is 140 Å². The number of benzene rings is 1. The molecule has 2 heterocycles. The van der Waals surface area contributed by atoms with Crippen molar-refractivity contribution in [1.82, 2.24) is 14.9 Å². The van der Waals surface area contributed by atoms with Gasteiger partial charge in [0.05, 0.1) is 11.3 Å². The number of amides is 1. The van der Waals surface area contributed by atoms with Gasteiger partial charge in [-0.3, -0.25) is 4.79 Å². The lowest BCUT2D eigenvalue weighted by atomic mass is 10.00. The quantitative estimate of drug-likeness (QED) is 0.932. The van der Waals surface area contributed by atoms with E-state index in [2.05, 4.69) is 9.97 Å². The summed E-state index contributed by atoms with van der Waals surface area (Å²) < 4.78 is 0. The molecular formula is C18H19N3O3. The predicted octanol–water partition coefficient (Wildman–Crippen LogP) is 2.25. The second-order valence-electron chi connectivity index (χ2n) is 6.07. The SMILES string of the molecule is CC(=O)N1CCC(Cc2cc(-c3ccccc3C(=O)O)ncn2)C1. The molecule has 24 heavy (non-hydrogen) atoms. The third-order valence-electron chi connectivity index (χ3n) is 4.39. The van der Waals surface area contributed by atoms with E-state index < -0.39 is 5.97 Å². The predicted molar refractivity (Wildman–Crippen MR) is 88.5 cm³/mol. The minimum Gasteiger partial charge on any atom is -0.478 e. The highest BCUT2D eigenvalue weighted by Gasteiger charge is 2.24. The molecule has 1 aliphatic heterocycles. The lowest BCUT2D eigenvalue weighted by Gasteiger charge is -2.14. The first-order valence-corrected chi connectivity index (χ1v) is 7.93. The summed E-state index contributed by atoms with van der Waals surface area (Å²) in [5, 5.41) is 9.33. The van der Waals surface area contributed by atoms with Gasteiger partial charge < -0.3 is 10.0 Å². The van der Waals surface area contributed by atoms with Crippen molar-refractivity contribution in [2.75, 3.05) is 13.1 Å². The fourth-order valence-electron chi connectivity index (χ4n) is 3.13. The van der Waals surface area contributed by atoms with E-state index in [1.54, 1.807) is 31.2 Å². The smallest absolute Gasteiger partial charge is 0.336 e. The van der Waals surface area contributed by atoms with E-state index >= 15 is 0 Å². The van der Waals surface area contributed by atoms with Crippen LogP contribution in [0.2, 0.25) is 0 Å². The van der Waals surface area contributed by atoms with E-state index in [-0.39, 0.29) is 11.5 Å². The standard InChI is InChI=1S/C18H19N3O3/c1-12(22)21-7-6-13(10-21)8-14-9-17(20-11-19-14)15-4-2-3-5-16(15)18(23)24/h2-5,9,11,13H,6-8,10H2,1H3,(H,23,24). The Hall–Kier alpha value is -2.76. The van der Waals surface area contributed by atoms with Gasteiger partial charge in [0.15, 0.2) is 0 Å². The van der Waals surface area contributed by atoms with E-state index in [4.69, 9.17) is 0 Å². The van der Waals surface area contributed by atoms with E-state index in [1.807, 2.05) is 11.0 Å². The molecule has 1 saturated heterocycles. The molecule has 1 N–H and O–H groups in total. The van der Waals surface area contributed by atoms with E-state index in [0.29, 0.717) is 17.2 Å². The van der Waals surface area contributed by atoms with Crippen LogP contribution >= 0.6 is 0 Å². The number of carbonyl (C=O) groups excluding carboxylic acids is 1. The second-order valence-corrected chi connectivity index (χ2v) is 6.07. The summed E-state index contributed by atoms with van der Waals surface area (Å²) in [6.45, 7) is 3.13. The molecule has 1 fully saturated rings. The van der Waals surface area contributed by atoms with Crippen LogP contribution in [-0.4, -0.2) is 44.9 Å². The fourth-order valence-corrected chi connectivity index (χ4v) is 3.13. The molecule has 1 amide bonds.